The number of ether oxygens (including phenoxy) is 3. The molecule has 0 aliphatic carbocycles. The van der Waals surface area contributed by atoms with E-state index < -0.39 is 6.10 Å². The Labute approximate surface area is 453 Å². The Balaban J connectivity index is 4.38. The van der Waals surface area contributed by atoms with Gasteiger partial charge >= 0.3 is 17.9 Å². The molecular formula is C67H120O6. The molecule has 0 N–H and O–H groups in total. The fourth-order valence-electron chi connectivity index (χ4n) is 9.19. The Morgan fingerprint density at radius 1 is 0.274 bits per heavy atom. The molecule has 0 amide bonds. The molecule has 0 unspecified atom stereocenters. The van der Waals surface area contributed by atoms with Crippen molar-refractivity contribution in [2.75, 3.05) is 13.2 Å². The number of hydrogen-bond donors (Lipinski definition) is 0. The highest BCUT2D eigenvalue weighted by molar-refractivity contribution is 5.71. The summed E-state index contributed by atoms with van der Waals surface area (Å²) in [5.74, 6) is -0.888. The molecular weight excluding hydrogens is 901 g/mol. The van der Waals surface area contributed by atoms with Gasteiger partial charge in [-0.3, -0.25) is 14.4 Å². The van der Waals surface area contributed by atoms with Gasteiger partial charge in [0.2, 0.25) is 0 Å². The highest BCUT2D eigenvalue weighted by atomic mass is 16.6. The van der Waals surface area contributed by atoms with Crippen LogP contribution in [0.15, 0.2) is 60.8 Å². The Kier molecular flexibility index (Phi) is 59.2. The maximum Gasteiger partial charge on any atom is 0.306 e. The lowest BCUT2D eigenvalue weighted by atomic mass is 10.0. The van der Waals surface area contributed by atoms with Crippen molar-refractivity contribution in [2.45, 2.75) is 335 Å². The van der Waals surface area contributed by atoms with E-state index >= 15 is 0 Å². The molecule has 0 aliphatic heterocycles. The van der Waals surface area contributed by atoms with Crippen LogP contribution in [0.25, 0.3) is 0 Å². The van der Waals surface area contributed by atoms with E-state index in [-0.39, 0.29) is 31.1 Å². The standard InChI is InChI=1S/C67H120O6/c1-4-7-10-13-16-19-22-25-28-31-33-36-39-42-45-48-51-54-57-60-66(69)72-63-64(62-71-65(68)59-56-53-50-47-44-41-38-35-30-27-24-21-18-15-12-9-6-3)73-67(70)61-58-55-52-49-46-43-40-37-34-32-29-26-23-20-17-14-11-8-5-2/h16,18-19,21,25,27-28,30,38,41,64H,4-15,17,20,22-24,26,29,31-37,39-40,42-63H2,1-3H3/b19-16-,21-18-,28-25-,30-27-,41-38-/t64-/m1/s1. The second kappa shape index (κ2) is 61.7. The zero-order chi connectivity index (χ0) is 52.9. The summed E-state index contributed by atoms with van der Waals surface area (Å²) in [4.78, 5) is 38.3. The summed E-state index contributed by atoms with van der Waals surface area (Å²) >= 11 is 0. The molecule has 0 aromatic carbocycles. The average Bonchev–Trinajstić information content (AvgIpc) is 3.39. The minimum Gasteiger partial charge on any atom is -0.462 e. The summed E-state index contributed by atoms with van der Waals surface area (Å²) in [6, 6.07) is 0. The van der Waals surface area contributed by atoms with Crippen LogP contribution in [0.1, 0.15) is 329 Å². The molecule has 73 heavy (non-hydrogen) atoms. The first-order valence-electron chi connectivity index (χ1n) is 31.8. The lowest BCUT2D eigenvalue weighted by molar-refractivity contribution is -0.167. The van der Waals surface area contributed by atoms with Gasteiger partial charge in [-0.1, -0.05) is 281 Å². The lowest BCUT2D eigenvalue weighted by Gasteiger charge is -2.18. The third-order valence-corrected chi connectivity index (χ3v) is 14.0. The predicted molar refractivity (Wildman–Crippen MR) is 316 cm³/mol. The molecule has 6 heteroatoms. The van der Waals surface area contributed by atoms with Gasteiger partial charge in [0.15, 0.2) is 6.10 Å². The number of rotatable bonds is 58. The second-order valence-electron chi connectivity index (χ2n) is 21.3. The van der Waals surface area contributed by atoms with E-state index in [1.807, 2.05) is 0 Å². The van der Waals surface area contributed by atoms with Crippen molar-refractivity contribution in [2.24, 2.45) is 0 Å². The number of allylic oxidation sites excluding steroid dienone is 10. The van der Waals surface area contributed by atoms with Gasteiger partial charge in [0.25, 0.3) is 0 Å². The van der Waals surface area contributed by atoms with Gasteiger partial charge in [0, 0.05) is 19.3 Å². The van der Waals surface area contributed by atoms with Crippen molar-refractivity contribution in [3.63, 3.8) is 0 Å². The minimum absolute atomic E-state index is 0.0809. The molecule has 0 aromatic heterocycles. The maximum absolute atomic E-state index is 12.9. The Morgan fingerprint density at radius 2 is 0.493 bits per heavy atom. The van der Waals surface area contributed by atoms with Crippen LogP contribution < -0.4 is 0 Å². The monoisotopic (exact) mass is 1020 g/mol. The van der Waals surface area contributed by atoms with E-state index in [1.165, 1.54) is 199 Å². The van der Waals surface area contributed by atoms with Gasteiger partial charge < -0.3 is 14.2 Å². The summed E-state index contributed by atoms with van der Waals surface area (Å²) in [6.07, 6.45) is 77.9. The second-order valence-corrected chi connectivity index (χ2v) is 21.3. The lowest BCUT2D eigenvalue weighted by Crippen LogP contribution is -2.30. The molecule has 6 nitrogen and oxygen atoms in total. The molecule has 0 saturated heterocycles. The van der Waals surface area contributed by atoms with E-state index in [4.69, 9.17) is 14.2 Å². The van der Waals surface area contributed by atoms with Crippen molar-refractivity contribution >= 4 is 17.9 Å². The fraction of sp³-hybridized carbons (Fsp3) is 0.806. The van der Waals surface area contributed by atoms with Crippen LogP contribution >= 0.6 is 0 Å². The highest BCUT2D eigenvalue weighted by Gasteiger charge is 2.19. The Bertz CT molecular complexity index is 1310. The molecule has 424 valence electrons. The van der Waals surface area contributed by atoms with Gasteiger partial charge in [-0.25, -0.2) is 0 Å². The summed E-state index contributed by atoms with van der Waals surface area (Å²) in [5, 5.41) is 0. The first-order valence-corrected chi connectivity index (χ1v) is 31.8. The maximum atomic E-state index is 12.9. The third-order valence-electron chi connectivity index (χ3n) is 14.0. The van der Waals surface area contributed by atoms with Crippen molar-refractivity contribution in [1.29, 1.82) is 0 Å². The number of unbranched alkanes of at least 4 members (excludes halogenated alkanes) is 37. The Hall–Kier alpha value is -2.89. The van der Waals surface area contributed by atoms with Crippen LogP contribution in [0.3, 0.4) is 0 Å². The molecule has 0 aromatic rings. The number of carbonyl (C=O) groups excluding carboxylic acids is 3. The number of hydrogen-bond acceptors (Lipinski definition) is 6. The van der Waals surface area contributed by atoms with Crippen LogP contribution in [0.4, 0.5) is 0 Å². The van der Waals surface area contributed by atoms with Crippen LogP contribution in [0, 0.1) is 0 Å². The molecule has 0 saturated carbocycles. The summed E-state index contributed by atoms with van der Waals surface area (Å²) in [6.45, 7) is 6.61. The van der Waals surface area contributed by atoms with E-state index in [0.29, 0.717) is 19.3 Å². The summed E-state index contributed by atoms with van der Waals surface area (Å²) in [7, 11) is 0. The number of carbonyl (C=O) groups is 3. The van der Waals surface area contributed by atoms with Crippen LogP contribution in [0.2, 0.25) is 0 Å². The van der Waals surface area contributed by atoms with Gasteiger partial charge in [0.1, 0.15) is 13.2 Å². The van der Waals surface area contributed by atoms with Crippen molar-refractivity contribution in [3.05, 3.63) is 60.8 Å². The first-order chi connectivity index (χ1) is 36.0. The molecule has 0 rings (SSSR count). The molecule has 0 spiro atoms. The topological polar surface area (TPSA) is 78.9 Å². The van der Waals surface area contributed by atoms with E-state index in [2.05, 4.69) is 81.5 Å². The van der Waals surface area contributed by atoms with Crippen molar-refractivity contribution in [1.82, 2.24) is 0 Å². The molecule has 0 aliphatic rings. The average molecular weight is 1020 g/mol. The van der Waals surface area contributed by atoms with Crippen LogP contribution in [0.5, 0.6) is 0 Å². The van der Waals surface area contributed by atoms with Crippen molar-refractivity contribution in [3.8, 4) is 0 Å². The zero-order valence-electron chi connectivity index (χ0n) is 48.7. The summed E-state index contributed by atoms with van der Waals surface area (Å²) < 4.78 is 16.9. The smallest absolute Gasteiger partial charge is 0.306 e. The summed E-state index contributed by atoms with van der Waals surface area (Å²) in [5.41, 5.74) is 0. The molecule has 0 bridgehead atoms. The van der Waals surface area contributed by atoms with Gasteiger partial charge in [-0.2, -0.15) is 0 Å². The molecule has 0 heterocycles. The van der Waals surface area contributed by atoms with Crippen LogP contribution in [-0.4, -0.2) is 37.2 Å². The largest absolute Gasteiger partial charge is 0.462 e. The van der Waals surface area contributed by atoms with Gasteiger partial charge in [-0.05, 0) is 89.9 Å². The van der Waals surface area contributed by atoms with Crippen LogP contribution in [-0.2, 0) is 28.6 Å². The third kappa shape index (κ3) is 59.9. The fourth-order valence-corrected chi connectivity index (χ4v) is 9.19. The quantitative estimate of drug-likeness (QED) is 0.0261. The molecule has 0 radical (unpaired) electrons. The van der Waals surface area contributed by atoms with E-state index in [0.717, 1.165) is 89.9 Å². The van der Waals surface area contributed by atoms with Gasteiger partial charge in [-0.15, -0.1) is 0 Å². The highest BCUT2D eigenvalue weighted by Crippen LogP contribution is 2.17. The normalized spacial score (nSPS) is 12.4. The van der Waals surface area contributed by atoms with E-state index in [1.54, 1.807) is 0 Å². The SMILES string of the molecule is CCCCC/C=C\C/C=C\C/C=C\CCCCCCC(=O)OC[C@H](COC(=O)CCCCCCCCCCC/C=C\C/C=C\CCCCC)OC(=O)CCCCCCCCCCCCCCCCCCCCC. The molecule has 1 atom stereocenters. The first kappa shape index (κ1) is 70.1. The molecule has 0 fully saturated rings. The minimum atomic E-state index is -0.785. The van der Waals surface area contributed by atoms with Crippen molar-refractivity contribution < 1.29 is 28.6 Å². The number of esters is 3. The van der Waals surface area contributed by atoms with E-state index in [9.17, 15) is 14.4 Å². The van der Waals surface area contributed by atoms with Gasteiger partial charge in [0.05, 0.1) is 0 Å². The predicted octanol–water partition coefficient (Wildman–Crippen LogP) is 21.6. The Morgan fingerprint density at radius 3 is 0.795 bits per heavy atom. The zero-order valence-corrected chi connectivity index (χ0v) is 48.7.